The molecule has 1 aliphatic rings. The third-order valence-electron chi connectivity index (χ3n) is 18.4. The first-order valence-corrected chi connectivity index (χ1v) is 37.2. The Morgan fingerprint density at radius 1 is 0.540 bits per heavy atom. The van der Waals surface area contributed by atoms with Crippen LogP contribution in [0.5, 0.6) is 11.5 Å². The van der Waals surface area contributed by atoms with Crippen molar-refractivity contribution in [3.63, 3.8) is 0 Å². The van der Waals surface area contributed by atoms with E-state index in [9.17, 15) is 87.5 Å². The monoisotopic (exact) mass is 1640 g/mol. The third kappa shape index (κ3) is 27.0. The molecule has 13 amide bonds. The van der Waals surface area contributed by atoms with Crippen LogP contribution in [0.15, 0.2) is 102 Å². The van der Waals surface area contributed by atoms with Crippen molar-refractivity contribution in [1.29, 1.82) is 0 Å². The summed E-state index contributed by atoms with van der Waals surface area (Å²) in [6, 6.07) is -0.115. The van der Waals surface area contributed by atoms with E-state index in [4.69, 9.17) is 16.6 Å². The minimum atomic E-state index is -1.80. The van der Waals surface area contributed by atoms with E-state index in [1.807, 2.05) is 18.2 Å². The first kappa shape index (κ1) is 88.3. The van der Waals surface area contributed by atoms with E-state index >= 15 is 0 Å². The molecular weight excluding hydrogens is 1540 g/mol. The number of aromatic nitrogens is 5. The number of aromatic amines is 3. The number of phenolic OH excluding ortho intramolecular Hbond substituents is 2. The molecule has 1 fully saturated rings. The minimum absolute atomic E-state index is 0.0345. The number of unbranched alkanes of at least 4 members (excludes halogenated alkanes) is 1. The maximum absolute atomic E-state index is 14.6. The summed E-state index contributed by atoms with van der Waals surface area (Å²) >= 11 is 3.45. The highest BCUT2D eigenvalue weighted by atomic mass is 79.9. The van der Waals surface area contributed by atoms with E-state index in [1.54, 1.807) is 32.2 Å². The number of phenols is 2. The van der Waals surface area contributed by atoms with Crippen LogP contribution in [-0.4, -0.2) is 250 Å². The van der Waals surface area contributed by atoms with Crippen LogP contribution >= 0.6 is 15.9 Å². The molecule has 40 heteroatoms. The lowest BCUT2D eigenvalue weighted by atomic mass is 10.0. The molecule has 7 rings (SSSR count). The molecule has 0 aliphatic carbocycles. The van der Waals surface area contributed by atoms with Crippen molar-refractivity contribution in [1.82, 2.24) is 93.6 Å². The zero-order chi connectivity index (χ0) is 82.6. The SMILES string of the molecule is CC(C)[C@H](NC(=O)[C@H](CO)NC(=O)[C@H](Cc1ccc(O)cc1)NC(=O)[C@H](Cc1cnc[nH]1)NC(=O)[C@H](Cc1cnc[nH]1)NC(=O)[C@H](CO)NC(=O)CNC(=O)[C@H](C)NC(=O)[C@H](C)NC(=O)[C@@H]1CCCN1C(=O)[C@H](CCCCN)NC(=O)[C@H](Cc1ccc(O)cc1)NC(=O)[C@@H](N)Cc1c[nH]c2cc(Br)ccc12)C(=O)NCC(=O)O. The summed E-state index contributed by atoms with van der Waals surface area (Å²) in [5, 5.41) is 80.3. The van der Waals surface area contributed by atoms with E-state index in [2.05, 4.69) is 105 Å². The van der Waals surface area contributed by atoms with E-state index in [0.29, 0.717) is 30.4 Å². The molecule has 6 aromatic rings. The number of hydrogen-bond donors (Lipinski definition) is 22. The summed E-state index contributed by atoms with van der Waals surface area (Å²) in [4.78, 5) is 210. The van der Waals surface area contributed by atoms with Crippen LogP contribution in [-0.2, 0) is 99.2 Å². The summed E-state index contributed by atoms with van der Waals surface area (Å²) < 4.78 is 0.842. The Bertz CT molecular complexity index is 4280. The number of rotatable bonds is 43. The van der Waals surface area contributed by atoms with Gasteiger partial charge in [0.25, 0.3) is 0 Å². The van der Waals surface area contributed by atoms with Crippen molar-refractivity contribution >= 4 is 110 Å². The van der Waals surface area contributed by atoms with Crippen LogP contribution in [0.1, 0.15) is 87.9 Å². The Balaban J connectivity index is 0.943. The van der Waals surface area contributed by atoms with Gasteiger partial charge in [0, 0.05) is 77.6 Å². The Hall–Kier alpha value is -11.9. The molecule has 610 valence electrons. The number of H-pyrrole nitrogens is 3. The lowest BCUT2D eigenvalue weighted by Gasteiger charge is -2.30. The Morgan fingerprint density at radius 3 is 1.54 bits per heavy atom. The van der Waals surface area contributed by atoms with E-state index in [1.165, 1.54) is 80.2 Å². The van der Waals surface area contributed by atoms with Gasteiger partial charge in [0.05, 0.1) is 38.5 Å². The fourth-order valence-electron chi connectivity index (χ4n) is 12.2. The van der Waals surface area contributed by atoms with Gasteiger partial charge < -0.3 is 121 Å². The van der Waals surface area contributed by atoms with Gasteiger partial charge in [-0.2, -0.15) is 0 Å². The normalized spacial score (nSPS) is 15.5. The van der Waals surface area contributed by atoms with Gasteiger partial charge in [-0.15, -0.1) is 0 Å². The van der Waals surface area contributed by atoms with Gasteiger partial charge in [-0.1, -0.05) is 60.1 Å². The van der Waals surface area contributed by atoms with Gasteiger partial charge in [-0.25, -0.2) is 9.97 Å². The topological polar surface area (TPSA) is 613 Å². The number of aliphatic carboxylic acids is 1. The van der Waals surface area contributed by atoms with Crippen molar-refractivity contribution in [2.75, 3.05) is 39.4 Å². The number of carboxylic acid groups (broad SMARTS) is 1. The molecule has 0 spiro atoms. The fourth-order valence-corrected chi connectivity index (χ4v) is 12.5. The van der Waals surface area contributed by atoms with Gasteiger partial charge in [0.2, 0.25) is 76.8 Å². The number of halogens is 1. The second kappa shape index (κ2) is 43.1. The molecule has 1 aliphatic heterocycles. The standard InChI is InChI=1S/C73H97BrN20O19/c1-37(2)61(72(112)81-32-60(100)101)93-70(110)57(34-96)92-66(106)53(23-41-12-17-47(98)18-13-41)89-67(107)54(26-44-29-77-35-82-44)90-68(108)55(27-45-30-78-36-83-45)91-69(109)56(33-95)86-59(99)31-80-62(102)38(3)84-63(103)39(4)85-71(111)58-9-7-21-94(58)73(113)50(8-5-6-20-75)87-65(105)52(22-40-10-15-46(97)16-11-40)88-64(104)49(76)24-42-28-79-51-25-43(74)14-19-48(42)51/h10-19,25,28-30,35-39,49-50,52-58,61,79,95-98H,5-9,20-24,26-27,31-34,75-76H2,1-4H3,(H,77,82)(H,78,83)(H,80,102)(H,81,112)(H,84,103)(H,85,111)(H,86,99)(H,87,105)(H,88,104)(H,89,107)(H,90,108)(H,91,109)(H,92,106)(H,93,110)(H,100,101)/t38-,39-,49-,50-,52-,53-,54-,55-,56-,57-,58-,61-/m0/s1. The van der Waals surface area contributed by atoms with Crippen molar-refractivity contribution in [2.45, 2.75) is 164 Å². The molecule has 0 radical (unpaired) electrons. The van der Waals surface area contributed by atoms with Gasteiger partial charge >= 0.3 is 5.97 Å². The van der Waals surface area contributed by atoms with Crippen LogP contribution in [0.4, 0.5) is 0 Å². The van der Waals surface area contributed by atoms with Crippen LogP contribution in [0, 0.1) is 5.92 Å². The summed E-state index contributed by atoms with van der Waals surface area (Å²) in [5.41, 5.74) is 15.3. The maximum Gasteiger partial charge on any atom is 0.322 e. The molecule has 1 saturated heterocycles. The second-order valence-electron chi connectivity index (χ2n) is 27.5. The molecule has 3 aromatic heterocycles. The first-order valence-electron chi connectivity index (χ1n) is 36.4. The van der Waals surface area contributed by atoms with Crippen molar-refractivity contribution in [3.05, 3.63) is 131 Å². The van der Waals surface area contributed by atoms with Crippen molar-refractivity contribution in [2.24, 2.45) is 17.4 Å². The smallest absolute Gasteiger partial charge is 0.322 e. The number of nitrogens with one attached hydrogen (secondary N) is 15. The number of carbonyl (C=O) groups is 14. The number of carboxylic acids is 1. The Morgan fingerprint density at radius 2 is 1.03 bits per heavy atom. The van der Waals surface area contributed by atoms with E-state index < -0.39 is 187 Å². The number of amides is 13. The number of likely N-dealkylation sites (tertiary alicyclic amines) is 1. The van der Waals surface area contributed by atoms with E-state index in [-0.39, 0.29) is 80.9 Å². The number of nitrogens with zero attached hydrogens (tertiary/aromatic N) is 3. The Kier molecular flexibility index (Phi) is 33.7. The van der Waals surface area contributed by atoms with Crippen LogP contribution < -0.4 is 75.3 Å². The number of benzene rings is 3. The number of hydrogen-bond acceptors (Lipinski definition) is 22. The lowest BCUT2D eigenvalue weighted by molar-refractivity contribution is -0.142. The molecule has 4 heterocycles. The quantitative estimate of drug-likeness (QED) is 0.0161. The average molecular weight is 1640 g/mol. The highest BCUT2D eigenvalue weighted by molar-refractivity contribution is 9.10. The highest BCUT2D eigenvalue weighted by Crippen LogP contribution is 2.25. The number of carbonyl (C=O) groups excluding carboxylic acids is 13. The number of aliphatic hydroxyl groups excluding tert-OH is 2. The number of aliphatic hydroxyl groups is 2. The number of aromatic hydroxyl groups is 2. The van der Waals surface area contributed by atoms with Gasteiger partial charge in [0.1, 0.15) is 84.5 Å². The molecule has 3 aromatic carbocycles. The van der Waals surface area contributed by atoms with Crippen LogP contribution in [0.2, 0.25) is 0 Å². The van der Waals surface area contributed by atoms with E-state index in [0.717, 1.165) is 20.9 Å². The predicted molar refractivity (Wildman–Crippen MR) is 407 cm³/mol. The molecule has 24 N–H and O–H groups in total. The Labute approximate surface area is 656 Å². The maximum atomic E-state index is 14.6. The largest absolute Gasteiger partial charge is 0.508 e. The molecule has 0 unspecified atom stereocenters. The highest BCUT2D eigenvalue weighted by Gasteiger charge is 2.41. The van der Waals surface area contributed by atoms with Crippen LogP contribution in [0.25, 0.3) is 10.9 Å². The second-order valence-corrected chi connectivity index (χ2v) is 28.4. The molecule has 0 saturated carbocycles. The molecule has 12 atom stereocenters. The van der Waals surface area contributed by atoms with Gasteiger partial charge in [-0.05, 0) is 118 Å². The summed E-state index contributed by atoms with van der Waals surface area (Å²) in [6.07, 6.45) is 7.42. The predicted octanol–water partition coefficient (Wildman–Crippen LogP) is -4.41. The van der Waals surface area contributed by atoms with Gasteiger partial charge in [0.15, 0.2) is 0 Å². The zero-order valence-corrected chi connectivity index (χ0v) is 64.0. The molecule has 39 nitrogen and oxygen atoms in total. The summed E-state index contributed by atoms with van der Waals surface area (Å²) in [7, 11) is 0. The number of nitrogens with two attached hydrogens (primary N) is 2. The lowest BCUT2D eigenvalue weighted by Crippen LogP contribution is -2.61. The number of fused-ring (bicyclic) bond motifs is 1. The zero-order valence-electron chi connectivity index (χ0n) is 62.4. The fraction of sp³-hybridized carbons (Fsp3) is 0.452. The summed E-state index contributed by atoms with van der Waals surface area (Å²) in [5.74, 6) is -13.9. The van der Waals surface area contributed by atoms with Gasteiger partial charge in [-0.3, -0.25) is 67.1 Å². The molecule has 113 heavy (non-hydrogen) atoms. The van der Waals surface area contributed by atoms with Crippen LogP contribution in [0.3, 0.4) is 0 Å². The third-order valence-corrected chi connectivity index (χ3v) is 18.9. The molecular formula is C73H97BrN20O19. The molecule has 0 bridgehead atoms. The van der Waals surface area contributed by atoms with Crippen molar-refractivity contribution < 1.29 is 92.7 Å². The summed E-state index contributed by atoms with van der Waals surface area (Å²) in [6.45, 7) is 2.34. The van der Waals surface area contributed by atoms with Crippen molar-refractivity contribution in [3.8, 4) is 11.5 Å². The minimum Gasteiger partial charge on any atom is -0.508 e. The number of imidazole rings is 2. The first-order chi connectivity index (χ1) is 53.8. The average Bonchev–Trinajstić information content (AvgIpc) is 1.71.